The number of hydrogen-bond donors (Lipinski definition) is 4. The van der Waals surface area contributed by atoms with Crippen molar-refractivity contribution < 1.29 is 99.4 Å². The van der Waals surface area contributed by atoms with Crippen molar-refractivity contribution in [3.63, 3.8) is 0 Å². The molecule has 0 saturated heterocycles. The zero-order valence-electron chi connectivity index (χ0n) is 26.9. The van der Waals surface area contributed by atoms with Crippen LogP contribution in [0.1, 0.15) is 13.8 Å². The third-order valence-electron chi connectivity index (χ3n) is 5.93. The minimum Gasteiger partial charge on any atom is -0.744 e. The molecule has 0 bridgehead atoms. The molecular formula is C29H24N8Na2O9S2. The van der Waals surface area contributed by atoms with E-state index in [1.54, 1.807) is 0 Å². The first-order valence-electron chi connectivity index (χ1n) is 13.4. The van der Waals surface area contributed by atoms with Gasteiger partial charge in [0.1, 0.15) is 31.6 Å². The number of rotatable bonds is 10. The van der Waals surface area contributed by atoms with Crippen molar-refractivity contribution in [3.05, 3.63) is 84.9 Å². The molecule has 0 spiro atoms. The van der Waals surface area contributed by atoms with Gasteiger partial charge in [-0.1, -0.05) is 0 Å². The maximum absolute atomic E-state index is 12.8. The molecular weight excluding hydrogens is 714 g/mol. The van der Waals surface area contributed by atoms with Crippen LogP contribution in [-0.2, 0) is 29.8 Å². The molecule has 0 aliphatic rings. The van der Waals surface area contributed by atoms with Crippen molar-refractivity contribution >= 4 is 83.6 Å². The van der Waals surface area contributed by atoms with Gasteiger partial charge in [-0.25, -0.2) is 21.6 Å². The van der Waals surface area contributed by atoms with Crippen molar-refractivity contribution in [3.8, 4) is 0 Å². The fourth-order valence-electron chi connectivity index (χ4n) is 3.86. The molecule has 4 aromatic carbocycles. The van der Waals surface area contributed by atoms with Gasteiger partial charge in [0.2, 0.25) is 11.8 Å². The van der Waals surface area contributed by atoms with Crippen LogP contribution < -0.4 is 80.4 Å². The van der Waals surface area contributed by atoms with Crippen LogP contribution in [0.2, 0.25) is 0 Å². The van der Waals surface area contributed by atoms with E-state index in [9.17, 15) is 40.3 Å². The van der Waals surface area contributed by atoms with Crippen molar-refractivity contribution in [2.75, 3.05) is 21.3 Å². The predicted octanol–water partition coefficient (Wildman–Crippen LogP) is -0.106. The molecule has 0 aliphatic carbocycles. The summed E-state index contributed by atoms with van der Waals surface area (Å²) in [5.41, 5.74) is 1.75. The second-order valence-corrected chi connectivity index (χ2v) is 12.5. The number of benzene rings is 4. The zero-order chi connectivity index (χ0) is 35.1. The minimum atomic E-state index is -4.62. The van der Waals surface area contributed by atoms with Gasteiger partial charge in [0.25, 0.3) is 0 Å². The molecule has 50 heavy (non-hydrogen) atoms. The summed E-state index contributed by atoms with van der Waals surface area (Å²) in [5.74, 6) is -0.874. The van der Waals surface area contributed by atoms with Gasteiger partial charge in [-0.15, -0.1) is 10.2 Å². The third kappa shape index (κ3) is 12.8. The van der Waals surface area contributed by atoms with E-state index >= 15 is 0 Å². The van der Waals surface area contributed by atoms with Crippen LogP contribution in [0.25, 0.3) is 0 Å². The zero-order valence-corrected chi connectivity index (χ0v) is 32.5. The molecule has 4 amide bonds. The molecule has 0 atom stereocenters. The molecule has 21 heteroatoms. The molecule has 0 fully saturated rings. The van der Waals surface area contributed by atoms with Crippen LogP contribution in [0.4, 0.5) is 50.3 Å². The number of urea groups is 1. The maximum Gasteiger partial charge on any atom is 1.00 e. The molecule has 0 unspecified atom stereocenters. The van der Waals surface area contributed by atoms with E-state index < -0.39 is 47.9 Å². The van der Waals surface area contributed by atoms with Crippen LogP contribution in [0.3, 0.4) is 0 Å². The first-order chi connectivity index (χ1) is 22.6. The number of anilines is 4. The van der Waals surface area contributed by atoms with Gasteiger partial charge in [-0.3, -0.25) is 9.59 Å². The van der Waals surface area contributed by atoms with Gasteiger partial charge in [0, 0.05) is 25.2 Å². The van der Waals surface area contributed by atoms with E-state index in [1.165, 1.54) is 74.5 Å². The second kappa shape index (κ2) is 18.4. The summed E-state index contributed by atoms with van der Waals surface area (Å²) < 4.78 is 66.7. The summed E-state index contributed by atoms with van der Waals surface area (Å²) >= 11 is 0. The van der Waals surface area contributed by atoms with Crippen LogP contribution >= 0.6 is 0 Å². The van der Waals surface area contributed by atoms with Crippen LogP contribution in [-0.4, -0.2) is 43.8 Å². The van der Waals surface area contributed by atoms with Gasteiger partial charge < -0.3 is 30.4 Å². The third-order valence-corrected chi connectivity index (χ3v) is 7.63. The predicted molar refractivity (Wildman–Crippen MR) is 171 cm³/mol. The average molecular weight is 739 g/mol. The number of carbonyl (C=O) groups excluding carboxylic acids is 3. The fourth-order valence-corrected chi connectivity index (χ4v) is 4.80. The van der Waals surface area contributed by atoms with Crippen molar-refractivity contribution in [1.29, 1.82) is 0 Å². The van der Waals surface area contributed by atoms with E-state index in [-0.39, 0.29) is 105 Å². The number of carbonyl (C=O) groups is 3. The number of azo groups is 2. The van der Waals surface area contributed by atoms with Crippen molar-refractivity contribution in [2.45, 2.75) is 23.6 Å². The van der Waals surface area contributed by atoms with Crippen LogP contribution in [0, 0.1) is 0 Å². The number of nitrogens with one attached hydrogen (secondary N) is 4. The van der Waals surface area contributed by atoms with E-state index in [1.807, 2.05) is 0 Å². The van der Waals surface area contributed by atoms with E-state index in [0.717, 1.165) is 24.3 Å². The number of hydrogen-bond acceptors (Lipinski definition) is 13. The first kappa shape index (κ1) is 42.3. The summed E-state index contributed by atoms with van der Waals surface area (Å²) in [5, 5.41) is 26.5. The van der Waals surface area contributed by atoms with Crippen LogP contribution in [0.5, 0.6) is 0 Å². The van der Waals surface area contributed by atoms with E-state index in [2.05, 4.69) is 41.7 Å². The molecule has 248 valence electrons. The molecule has 17 nitrogen and oxygen atoms in total. The van der Waals surface area contributed by atoms with Crippen molar-refractivity contribution in [1.82, 2.24) is 0 Å². The summed E-state index contributed by atoms with van der Waals surface area (Å²) in [6, 6.07) is 17.5. The molecule has 0 aromatic heterocycles. The Hall–Kier alpha value is -3.89. The maximum atomic E-state index is 12.8. The molecule has 0 heterocycles. The topological polar surface area (TPSA) is 263 Å². The summed E-state index contributed by atoms with van der Waals surface area (Å²) in [6.07, 6.45) is 0. The number of nitrogens with zero attached hydrogens (tertiary/aromatic N) is 4. The quantitative estimate of drug-likeness (QED) is 0.0960. The smallest absolute Gasteiger partial charge is 0.744 e. The standard InChI is InChI=1S/C29H26N8O9S2.2Na/c1-17(38)30-27-15-21(7-13-25(27)36-34-19-3-9-23(10-4-19)47(41,42)43)32-29(40)33-22-8-14-26(28(16-22)31-18(2)39)37-35-20-5-11-24(12-6-20)48(44,45)46;;/h3-16H,1-2H3,(H,30,38)(H,31,39)(H2,32,33,40)(H,41,42,43)(H,44,45,46);;/q;2*+1/p-2. The molecule has 0 saturated carbocycles. The normalized spacial score (nSPS) is 11.3. The second-order valence-electron chi connectivity index (χ2n) is 9.70. The molecule has 0 aliphatic heterocycles. The SMILES string of the molecule is CC(=O)Nc1cc(NC(=O)Nc2ccc(N=Nc3ccc(S(=O)(=O)[O-])cc3)c(NC(C)=O)c2)ccc1N=Nc1ccc(S(=O)(=O)[O-])cc1.[Na+].[Na+]. The number of amides is 4. The van der Waals surface area contributed by atoms with Crippen molar-refractivity contribution in [2.24, 2.45) is 20.5 Å². The Kier molecular flexibility index (Phi) is 15.5. The summed E-state index contributed by atoms with van der Waals surface area (Å²) in [6.45, 7) is 2.53. The Morgan fingerprint density at radius 1 is 0.520 bits per heavy atom. The Labute approximate surface area is 330 Å². The Bertz CT molecular complexity index is 2010. The molecule has 0 radical (unpaired) electrons. The molecule has 4 N–H and O–H groups in total. The average Bonchev–Trinajstić information content (AvgIpc) is 2.99. The van der Waals surface area contributed by atoms with Gasteiger partial charge in [0.15, 0.2) is 0 Å². The Balaban J connectivity index is 0.00000433. The Morgan fingerprint density at radius 3 is 1.16 bits per heavy atom. The summed E-state index contributed by atoms with van der Waals surface area (Å²) in [7, 11) is -9.25. The minimum absolute atomic E-state index is 0. The largest absolute Gasteiger partial charge is 1.00 e. The molecule has 4 aromatic rings. The fraction of sp³-hybridized carbons (Fsp3) is 0.0690. The summed E-state index contributed by atoms with van der Waals surface area (Å²) in [4.78, 5) is 35.6. The van der Waals surface area contributed by atoms with E-state index in [4.69, 9.17) is 0 Å². The Morgan fingerprint density at radius 2 is 0.860 bits per heavy atom. The van der Waals surface area contributed by atoms with Gasteiger partial charge in [-0.05, 0) is 84.9 Å². The van der Waals surface area contributed by atoms with Gasteiger partial charge >= 0.3 is 65.1 Å². The first-order valence-corrected chi connectivity index (χ1v) is 16.3. The monoisotopic (exact) mass is 738 g/mol. The molecule has 4 rings (SSSR count). The van der Waals surface area contributed by atoms with Gasteiger partial charge in [-0.2, -0.15) is 10.2 Å². The van der Waals surface area contributed by atoms with Crippen LogP contribution in [0.15, 0.2) is 115 Å². The van der Waals surface area contributed by atoms with Gasteiger partial charge in [0.05, 0.1) is 32.5 Å². The van der Waals surface area contributed by atoms with E-state index in [0.29, 0.717) is 0 Å².